The Labute approximate surface area is 153 Å². The molecular formula is C17H14N4O4S. The van der Waals surface area contributed by atoms with Crippen molar-refractivity contribution in [3.63, 3.8) is 0 Å². The van der Waals surface area contributed by atoms with Crippen LogP contribution in [-0.4, -0.2) is 21.9 Å². The highest BCUT2D eigenvalue weighted by molar-refractivity contribution is 7.80. The van der Waals surface area contributed by atoms with Gasteiger partial charge in [0.05, 0.1) is 16.2 Å². The monoisotopic (exact) mass is 370 g/mol. The Morgan fingerprint density at radius 2 is 1.88 bits per heavy atom. The summed E-state index contributed by atoms with van der Waals surface area (Å²) >= 11 is 5.03. The maximum Gasteiger partial charge on any atom is 0.270 e. The highest BCUT2D eigenvalue weighted by Crippen LogP contribution is 2.15. The number of non-ortho nitro benzene ring substituents is 1. The minimum atomic E-state index is -0.632. The van der Waals surface area contributed by atoms with Crippen LogP contribution < -0.4 is 16.4 Å². The molecule has 132 valence electrons. The van der Waals surface area contributed by atoms with Crippen LogP contribution >= 0.6 is 12.2 Å². The number of anilines is 1. The number of benzene rings is 2. The number of nitrogens with one attached hydrogen (secondary N) is 2. The Balaban J connectivity index is 1.99. The van der Waals surface area contributed by atoms with E-state index in [1.165, 1.54) is 36.4 Å². The predicted octanol–water partition coefficient (Wildman–Crippen LogP) is 2.22. The SMILES string of the molecule is NC(=O)c1ccccc1NC(=S)NC(=O)C=Cc1cccc([N+](=O)[O-])c1. The molecule has 0 spiro atoms. The predicted molar refractivity (Wildman–Crippen MR) is 101 cm³/mol. The molecule has 0 saturated heterocycles. The van der Waals surface area contributed by atoms with Gasteiger partial charge in [-0.3, -0.25) is 25.0 Å². The molecule has 0 fully saturated rings. The van der Waals surface area contributed by atoms with Gasteiger partial charge in [-0.15, -0.1) is 0 Å². The molecule has 0 saturated carbocycles. The fraction of sp³-hybridized carbons (Fsp3) is 0. The van der Waals surface area contributed by atoms with Gasteiger partial charge in [-0.1, -0.05) is 24.3 Å². The summed E-state index contributed by atoms with van der Waals surface area (Å²) in [5.41, 5.74) is 6.29. The van der Waals surface area contributed by atoms with Crippen LogP contribution in [0.4, 0.5) is 11.4 Å². The number of carbonyl (C=O) groups excluding carboxylic acids is 2. The largest absolute Gasteiger partial charge is 0.366 e. The number of hydrogen-bond acceptors (Lipinski definition) is 5. The molecule has 0 atom stereocenters. The lowest BCUT2D eigenvalue weighted by molar-refractivity contribution is -0.384. The zero-order valence-corrected chi connectivity index (χ0v) is 14.2. The van der Waals surface area contributed by atoms with Crippen LogP contribution in [0.2, 0.25) is 0 Å². The van der Waals surface area contributed by atoms with Crippen LogP contribution in [0.25, 0.3) is 6.08 Å². The number of primary amides is 1. The van der Waals surface area contributed by atoms with Gasteiger partial charge in [0.15, 0.2) is 5.11 Å². The molecule has 0 bridgehead atoms. The first kappa shape index (κ1) is 18.7. The second kappa shape index (κ2) is 8.49. The zero-order chi connectivity index (χ0) is 19.1. The van der Waals surface area contributed by atoms with Crippen LogP contribution in [-0.2, 0) is 4.79 Å². The highest BCUT2D eigenvalue weighted by atomic mass is 32.1. The average Bonchev–Trinajstić information content (AvgIpc) is 2.60. The normalized spacial score (nSPS) is 10.3. The van der Waals surface area contributed by atoms with E-state index in [2.05, 4.69) is 10.6 Å². The summed E-state index contributed by atoms with van der Waals surface area (Å²) < 4.78 is 0. The Hall–Kier alpha value is -3.59. The second-order valence-corrected chi connectivity index (χ2v) is 5.45. The molecule has 8 nitrogen and oxygen atoms in total. The molecule has 0 aliphatic heterocycles. The van der Waals surface area contributed by atoms with Crippen molar-refractivity contribution in [3.05, 3.63) is 75.8 Å². The molecule has 0 aromatic heterocycles. The van der Waals surface area contributed by atoms with Crippen LogP contribution in [0.3, 0.4) is 0 Å². The fourth-order valence-corrected chi connectivity index (χ4v) is 2.24. The van der Waals surface area contributed by atoms with Gasteiger partial charge in [-0.25, -0.2) is 0 Å². The fourth-order valence-electron chi connectivity index (χ4n) is 2.03. The van der Waals surface area contributed by atoms with Crippen molar-refractivity contribution in [2.45, 2.75) is 0 Å². The minimum Gasteiger partial charge on any atom is -0.366 e. The highest BCUT2D eigenvalue weighted by Gasteiger charge is 2.09. The minimum absolute atomic E-state index is 0.0209. The van der Waals surface area contributed by atoms with Gasteiger partial charge < -0.3 is 11.1 Å². The van der Waals surface area contributed by atoms with E-state index in [4.69, 9.17) is 18.0 Å². The summed E-state index contributed by atoms with van der Waals surface area (Å²) in [5, 5.41) is 15.8. The van der Waals surface area contributed by atoms with E-state index in [0.29, 0.717) is 11.3 Å². The summed E-state index contributed by atoms with van der Waals surface area (Å²) in [6, 6.07) is 12.3. The molecule has 2 rings (SSSR count). The van der Waals surface area contributed by atoms with Crippen molar-refractivity contribution in [2.24, 2.45) is 5.73 Å². The van der Waals surface area contributed by atoms with E-state index in [1.807, 2.05) is 0 Å². The first-order valence-corrected chi connectivity index (χ1v) is 7.71. The quantitative estimate of drug-likeness (QED) is 0.320. The van der Waals surface area contributed by atoms with Crippen molar-refractivity contribution in [1.29, 1.82) is 0 Å². The number of nitro groups is 1. The lowest BCUT2D eigenvalue weighted by atomic mass is 10.1. The van der Waals surface area contributed by atoms with Gasteiger partial charge in [-0.05, 0) is 36.0 Å². The molecule has 0 aliphatic carbocycles. The van der Waals surface area contributed by atoms with Gasteiger partial charge in [-0.2, -0.15) is 0 Å². The topological polar surface area (TPSA) is 127 Å². The Kier molecular flexibility index (Phi) is 6.12. The molecule has 9 heteroatoms. The van der Waals surface area contributed by atoms with Crippen molar-refractivity contribution >= 4 is 46.6 Å². The van der Waals surface area contributed by atoms with Crippen molar-refractivity contribution in [3.8, 4) is 0 Å². The number of rotatable bonds is 5. The van der Waals surface area contributed by atoms with Crippen LogP contribution in [0.15, 0.2) is 54.6 Å². The van der Waals surface area contributed by atoms with E-state index in [9.17, 15) is 19.7 Å². The van der Waals surface area contributed by atoms with Gasteiger partial charge in [0.1, 0.15) is 0 Å². The second-order valence-electron chi connectivity index (χ2n) is 5.04. The van der Waals surface area contributed by atoms with E-state index in [-0.39, 0.29) is 16.4 Å². The average molecular weight is 370 g/mol. The van der Waals surface area contributed by atoms with E-state index in [0.717, 1.165) is 0 Å². The maximum absolute atomic E-state index is 11.9. The number of amides is 2. The third-order valence-corrected chi connectivity index (χ3v) is 3.39. The lowest BCUT2D eigenvalue weighted by Gasteiger charge is -2.10. The summed E-state index contributed by atoms with van der Waals surface area (Å²) in [6.07, 6.45) is 2.61. The first-order valence-electron chi connectivity index (χ1n) is 7.30. The number of para-hydroxylation sites is 1. The third-order valence-electron chi connectivity index (χ3n) is 3.19. The van der Waals surface area contributed by atoms with Gasteiger partial charge in [0.2, 0.25) is 5.91 Å². The van der Waals surface area contributed by atoms with Gasteiger partial charge >= 0.3 is 0 Å². The van der Waals surface area contributed by atoms with Gasteiger partial charge in [0.25, 0.3) is 11.6 Å². The lowest BCUT2D eigenvalue weighted by Crippen LogP contribution is -2.33. The van der Waals surface area contributed by atoms with E-state index >= 15 is 0 Å². The van der Waals surface area contributed by atoms with Crippen molar-refractivity contribution < 1.29 is 14.5 Å². The van der Waals surface area contributed by atoms with E-state index < -0.39 is 16.7 Å². The van der Waals surface area contributed by atoms with Crippen LogP contribution in [0.1, 0.15) is 15.9 Å². The van der Waals surface area contributed by atoms with Crippen LogP contribution in [0, 0.1) is 10.1 Å². The molecule has 0 radical (unpaired) electrons. The summed E-state index contributed by atoms with van der Waals surface area (Å²) in [4.78, 5) is 33.5. The molecule has 0 aliphatic rings. The number of thiocarbonyl (C=S) groups is 1. The standard InChI is InChI=1S/C17H14N4O4S/c18-16(23)13-6-1-2-7-14(13)19-17(26)20-15(22)9-8-11-4-3-5-12(10-11)21(24)25/h1-10H,(H2,18,23)(H2,19,20,22,26). The molecule has 2 aromatic rings. The maximum atomic E-state index is 11.9. The summed E-state index contributed by atoms with van der Waals surface area (Å²) in [6.45, 7) is 0. The first-order chi connectivity index (χ1) is 12.4. The number of nitrogens with zero attached hydrogens (tertiary/aromatic N) is 1. The number of hydrogen-bond donors (Lipinski definition) is 3. The smallest absolute Gasteiger partial charge is 0.270 e. The zero-order valence-electron chi connectivity index (χ0n) is 13.3. The Morgan fingerprint density at radius 3 is 2.58 bits per heavy atom. The van der Waals surface area contributed by atoms with Crippen molar-refractivity contribution in [1.82, 2.24) is 5.32 Å². The van der Waals surface area contributed by atoms with Gasteiger partial charge in [0, 0.05) is 18.2 Å². The molecule has 4 N–H and O–H groups in total. The molecule has 26 heavy (non-hydrogen) atoms. The van der Waals surface area contributed by atoms with E-state index in [1.54, 1.807) is 24.3 Å². The molecular weight excluding hydrogens is 356 g/mol. The van der Waals surface area contributed by atoms with Crippen LogP contribution in [0.5, 0.6) is 0 Å². The summed E-state index contributed by atoms with van der Waals surface area (Å²) in [7, 11) is 0. The Bertz CT molecular complexity index is 911. The molecule has 0 unspecified atom stereocenters. The molecule has 2 amide bonds. The number of carbonyl (C=O) groups is 2. The van der Waals surface area contributed by atoms with Crippen molar-refractivity contribution in [2.75, 3.05) is 5.32 Å². The molecule has 0 heterocycles. The summed E-state index contributed by atoms with van der Waals surface area (Å²) in [5.74, 6) is -1.17. The third kappa shape index (κ3) is 5.21. The molecule has 2 aromatic carbocycles. The number of nitrogens with two attached hydrogens (primary N) is 1. The number of nitro benzene ring substituents is 1. The Morgan fingerprint density at radius 1 is 1.15 bits per heavy atom.